The average molecular weight is 609 g/mol. The first-order valence-electron chi connectivity index (χ1n) is 15.4. The molecule has 0 atom stereocenters. The Morgan fingerprint density at radius 3 is 1.98 bits per heavy atom. The molecule has 0 bridgehead atoms. The summed E-state index contributed by atoms with van der Waals surface area (Å²) in [5, 5.41) is 31.7. The number of nitro groups is 1. The summed E-state index contributed by atoms with van der Waals surface area (Å²) >= 11 is 0. The topological polar surface area (TPSA) is 169 Å². The number of benzene rings is 2. The lowest BCUT2D eigenvalue weighted by Crippen LogP contribution is -2.14. The van der Waals surface area contributed by atoms with Crippen LogP contribution in [0.1, 0.15) is 76.7 Å². The van der Waals surface area contributed by atoms with Gasteiger partial charge in [-0.25, -0.2) is 9.02 Å². The maximum absolute atomic E-state index is 13.6. The van der Waals surface area contributed by atoms with Crippen molar-refractivity contribution < 1.29 is 13.9 Å². The fourth-order valence-corrected chi connectivity index (χ4v) is 4.72. The highest BCUT2D eigenvalue weighted by molar-refractivity contribution is 5.93. The van der Waals surface area contributed by atoms with Crippen molar-refractivity contribution in [1.29, 1.82) is 0 Å². The Bertz CT molecular complexity index is 1470. The monoisotopic (exact) mass is 608 g/mol. The van der Waals surface area contributed by atoms with E-state index in [1.807, 2.05) is 6.07 Å². The van der Waals surface area contributed by atoms with Crippen LogP contribution in [-0.2, 0) is 6.54 Å². The Labute approximate surface area is 256 Å². The number of unbranched alkanes of at least 4 members (excludes halogenated alkanes) is 8. The van der Waals surface area contributed by atoms with E-state index in [0.717, 1.165) is 44.2 Å². The zero-order valence-electron chi connectivity index (χ0n) is 25.1. The molecule has 236 valence electrons. The minimum absolute atomic E-state index is 0.132. The molecule has 44 heavy (non-hydrogen) atoms. The molecule has 2 heterocycles. The number of anilines is 4. The predicted molar refractivity (Wildman–Crippen MR) is 169 cm³/mol. The number of fused-ring (bicyclic) bond motifs is 1. The molecule has 0 aliphatic rings. The summed E-state index contributed by atoms with van der Waals surface area (Å²) in [6, 6.07) is 9.46. The van der Waals surface area contributed by atoms with Gasteiger partial charge in [-0.1, -0.05) is 64.0 Å². The number of hydrogen-bond donors (Lipinski definition) is 4. The van der Waals surface area contributed by atoms with E-state index in [1.54, 1.807) is 12.1 Å². The van der Waals surface area contributed by atoms with Crippen LogP contribution < -0.4 is 21.3 Å². The lowest BCUT2D eigenvalue weighted by Gasteiger charge is -2.12. The SMILES string of the molecule is CCCCCCCCNc1nc(NCCCCCCNc2ccc([N+](=O)[O-])c3nonc23)nc(NCc2cccc(F)c2)n1. The molecule has 0 saturated carbocycles. The van der Waals surface area contributed by atoms with Crippen molar-refractivity contribution in [1.82, 2.24) is 25.3 Å². The number of aromatic nitrogens is 5. The molecule has 14 heteroatoms. The lowest BCUT2D eigenvalue weighted by molar-refractivity contribution is -0.383. The van der Waals surface area contributed by atoms with Crippen molar-refractivity contribution in [3.8, 4) is 0 Å². The van der Waals surface area contributed by atoms with Crippen molar-refractivity contribution in [3.05, 3.63) is 57.9 Å². The molecule has 13 nitrogen and oxygen atoms in total. The smallest absolute Gasteiger partial charge is 0.300 e. The summed E-state index contributed by atoms with van der Waals surface area (Å²) in [5.41, 5.74) is 1.81. The molecule has 4 aromatic rings. The van der Waals surface area contributed by atoms with Gasteiger partial charge in [0.2, 0.25) is 23.4 Å². The maximum Gasteiger partial charge on any atom is 0.300 e. The molecule has 0 aliphatic heterocycles. The highest BCUT2D eigenvalue weighted by Crippen LogP contribution is 2.28. The van der Waals surface area contributed by atoms with Crippen LogP contribution in [-0.4, -0.2) is 49.8 Å². The fourth-order valence-electron chi connectivity index (χ4n) is 4.72. The lowest BCUT2D eigenvalue weighted by atomic mass is 10.1. The molecule has 0 aliphatic carbocycles. The van der Waals surface area contributed by atoms with Crippen LogP contribution >= 0.6 is 0 Å². The van der Waals surface area contributed by atoms with Gasteiger partial charge in [-0.2, -0.15) is 15.0 Å². The normalized spacial score (nSPS) is 11.0. The third-order valence-corrected chi connectivity index (χ3v) is 7.08. The molecule has 0 fully saturated rings. The Morgan fingerprint density at radius 2 is 1.34 bits per heavy atom. The highest BCUT2D eigenvalue weighted by Gasteiger charge is 2.19. The molecular weight excluding hydrogens is 567 g/mol. The van der Waals surface area contributed by atoms with E-state index in [1.165, 1.54) is 50.3 Å². The standard InChI is InChI=1S/C30H41FN10O3/c1-2-3-4-5-6-10-18-33-28-36-29(38-30(37-28)35-21-22-13-12-14-23(31)20-22)34-19-11-8-7-9-17-32-24-15-16-25(41(42)43)27-26(24)39-44-40-27/h12-16,20,32H,2-11,17-19,21H2,1H3,(H3,33,34,35,36,37,38). The van der Waals surface area contributed by atoms with Gasteiger partial charge in [-0.05, 0) is 53.3 Å². The van der Waals surface area contributed by atoms with Crippen molar-refractivity contribution >= 4 is 40.3 Å². The van der Waals surface area contributed by atoms with Crippen LogP contribution in [0.25, 0.3) is 11.0 Å². The molecule has 0 radical (unpaired) electrons. The average Bonchev–Trinajstić information content (AvgIpc) is 3.51. The molecule has 4 N–H and O–H groups in total. The summed E-state index contributed by atoms with van der Waals surface area (Å²) in [4.78, 5) is 24.2. The number of nitro benzene ring substituents is 1. The van der Waals surface area contributed by atoms with Gasteiger partial charge in [0, 0.05) is 32.2 Å². The van der Waals surface area contributed by atoms with E-state index in [9.17, 15) is 14.5 Å². The molecule has 2 aromatic heterocycles. The van der Waals surface area contributed by atoms with Crippen LogP contribution in [0, 0.1) is 15.9 Å². The summed E-state index contributed by atoms with van der Waals surface area (Å²) in [6.45, 7) is 4.78. The second-order valence-electron chi connectivity index (χ2n) is 10.6. The first-order valence-corrected chi connectivity index (χ1v) is 15.4. The quantitative estimate of drug-likeness (QED) is 0.0438. The van der Waals surface area contributed by atoms with E-state index in [4.69, 9.17) is 4.63 Å². The van der Waals surface area contributed by atoms with Crippen molar-refractivity contribution in [2.75, 3.05) is 40.9 Å². The number of hydrogen-bond acceptors (Lipinski definition) is 12. The Kier molecular flexibility index (Phi) is 12.8. The second-order valence-corrected chi connectivity index (χ2v) is 10.6. The van der Waals surface area contributed by atoms with Gasteiger partial charge in [0.05, 0.1) is 10.6 Å². The number of non-ortho nitro benzene ring substituents is 1. The van der Waals surface area contributed by atoms with Gasteiger partial charge < -0.3 is 21.3 Å². The van der Waals surface area contributed by atoms with Gasteiger partial charge in [0.25, 0.3) is 0 Å². The minimum Gasteiger partial charge on any atom is -0.383 e. The summed E-state index contributed by atoms with van der Waals surface area (Å²) < 4.78 is 18.3. The zero-order valence-corrected chi connectivity index (χ0v) is 25.1. The number of nitrogens with zero attached hydrogens (tertiary/aromatic N) is 6. The molecule has 2 aromatic carbocycles. The maximum atomic E-state index is 13.6. The Hall–Kier alpha value is -4.62. The van der Waals surface area contributed by atoms with Crippen molar-refractivity contribution in [2.45, 2.75) is 77.7 Å². The van der Waals surface area contributed by atoms with Crippen molar-refractivity contribution in [3.63, 3.8) is 0 Å². The zero-order chi connectivity index (χ0) is 31.0. The van der Waals surface area contributed by atoms with Gasteiger partial charge in [-0.3, -0.25) is 10.1 Å². The van der Waals surface area contributed by atoms with Gasteiger partial charge in [0.15, 0.2) is 5.52 Å². The van der Waals surface area contributed by atoms with Gasteiger partial charge in [-0.15, -0.1) is 0 Å². The van der Waals surface area contributed by atoms with Gasteiger partial charge >= 0.3 is 5.69 Å². The first kappa shape index (κ1) is 32.3. The van der Waals surface area contributed by atoms with E-state index in [0.29, 0.717) is 48.7 Å². The van der Waals surface area contributed by atoms with E-state index in [2.05, 4.69) is 53.5 Å². The van der Waals surface area contributed by atoms with E-state index in [-0.39, 0.29) is 17.0 Å². The third kappa shape index (κ3) is 10.3. The number of nitrogens with one attached hydrogen (secondary N) is 4. The summed E-state index contributed by atoms with van der Waals surface area (Å²) in [7, 11) is 0. The number of halogens is 1. The molecular formula is C30H41FN10O3. The minimum atomic E-state index is -0.501. The van der Waals surface area contributed by atoms with Crippen LogP contribution in [0.15, 0.2) is 41.0 Å². The predicted octanol–water partition coefficient (Wildman–Crippen LogP) is 6.92. The third-order valence-electron chi connectivity index (χ3n) is 7.08. The van der Waals surface area contributed by atoms with E-state index >= 15 is 0 Å². The summed E-state index contributed by atoms with van der Waals surface area (Å²) in [6.07, 6.45) is 11.0. The molecule has 0 saturated heterocycles. The second kappa shape index (κ2) is 17.5. The molecule has 4 rings (SSSR count). The Morgan fingerprint density at radius 1 is 0.750 bits per heavy atom. The fraction of sp³-hybridized carbons (Fsp3) is 0.500. The highest BCUT2D eigenvalue weighted by atomic mass is 19.1. The molecule has 0 amide bonds. The first-order chi connectivity index (χ1) is 21.5. The molecule has 0 spiro atoms. The van der Waals surface area contributed by atoms with Crippen LogP contribution in [0.4, 0.5) is 33.6 Å². The molecule has 0 unspecified atom stereocenters. The van der Waals surface area contributed by atoms with Crippen LogP contribution in [0.2, 0.25) is 0 Å². The van der Waals surface area contributed by atoms with Crippen molar-refractivity contribution in [2.24, 2.45) is 0 Å². The van der Waals surface area contributed by atoms with Crippen LogP contribution in [0.3, 0.4) is 0 Å². The van der Waals surface area contributed by atoms with Crippen LogP contribution in [0.5, 0.6) is 0 Å². The van der Waals surface area contributed by atoms with Gasteiger partial charge in [0.1, 0.15) is 5.82 Å². The number of rotatable bonds is 21. The largest absolute Gasteiger partial charge is 0.383 e. The Balaban J connectivity index is 1.21. The van der Waals surface area contributed by atoms with E-state index < -0.39 is 4.92 Å². The summed E-state index contributed by atoms with van der Waals surface area (Å²) in [5.74, 6) is 1.13.